The maximum Gasteiger partial charge on any atom is 0.270 e. The lowest BCUT2D eigenvalue weighted by atomic mass is 10.1. The third-order valence-corrected chi connectivity index (χ3v) is 4.03. The van der Waals surface area contributed by atoms with Crippen LogP contribution in [-0.4, -0.2) is 17.0 Å². The van der Waals surface area contributed by atoms with Crippen LogP contribution in [0.15, 0.2) is 64.1 Å². The van der Waals surface area contributed by atoms with Crippen molar-refractivity contribution in [1.82, 2.24) is 5.43 Å². The number of amides is 1. The van der Waals surface area contributed by atoms with Gasteiger partial charge in [-0.15, -0.1) is 0 Å². The molecule has 28 heavy (non-hydrogen) atoms. The summed E-state index contributed by atoms with van der Waals surface area (Å²) < 4.78 is 18.4. The SMILES string of the molecule is O=C(Cc1ccc(F)cc1)N/N=C/c1ccc(-c2ccc([N+](=O)[O-])cc2Cl)o1. The summed E-state index contributed by atoms with van der Waals surface area (Å²) in [4.78, 5) is 22.1. The Morgan fingerprint density at radius 2 is 1.96 bits per heavy atom. The molecular weight excluding hydrogens is 389 g/mol. The largest absolute Gasteiger partial charge is 0.455 e. The minimum absolute atomic E-state index is 0.0550. The zero-order chi connectivity index (χ0) is 20.1. The van der Waals surface area contributed by atoms with Crippen LogP contribution in [0.1, 0.15) is 11.3 Å². The van der Waals surface area contributed by atoms with E-state index in [0.29, 0.717) is 22.6 Å². The number of furan rings is 1. The molecule has 1 heterocycles. The fourth-order valence-electron chi connectivity index (χ4n) is 2.38. The molecule has 7 nitrogen and oxygen atoms in total. The van der Waals surface area contributed by atoms with E-state index >= 15 is 0 Å². The lowest BCUT2D eigenvalue weighted by Gasteiger charge is -2.01. The van der Waals surface area contributed by atoms with Gasteiger partial charge >= 0.3 is 0 Å². The molecule has 0 aliphatic carbocycles. The predicted octanol–water partition coefficient (Wildman–Crippen LogP) is 4.34. The average molecular weight is 402 g/mol. The van der Waals surface area contributed by atoms with Gasteiger partial charge in [0.1, 0.15) is 17.3 Å². The van der Waals surface area contributed by atoms with Crippen LogP contribution in [0, 0.1) is 15.9 Å². The van der Waals surface area contributed by atoms with Gasteiger partial charge in [-0.05, 0) is 35.9 Å². The first-order valence-corrected chi connectivity index (χ1v) is 8.40. The van der Waals surface area contributed by atoms with Gasteiger partial charge in [-0.2, -0.15) is 5.10 Å². The number of hydrogen-bond acceptors (Lipinski definition) is 5. The summed E-state index contributed by atoms with van der Waals surface area (Å²) in [7, 11) is 0. The number of hydrazone groups is 1. The van der Waals surface area contributed by atoms with Crippen LogP contribution in [0.3, 0.4) is 0 Å². The number of nitro groups is 1. The number of halogens is 2. The van der Waals surface area contributed by atoms with Gasteiger partial charge in [-0.25, -0.2) is 9.82 Å². The van der Waals surface area contributed by atoms with Gasteiger partial charge in [0, 0.05) is 17.7 Å². The molecule has 0 unspecified atom stereocenters. The number of non-ortho nitro benzene ring substituents is 1. The number of benzene rings is 2. The number of rotatable bonds is 6. The summed E-state index contributed by atoms with van der Waals surface area (Å²) in [5, 5.41) is 14.8. The third-order valence-electron chi connectivity index (χ3n) is 3.71. The highest BCUT2D eigenvalue weighted by Crippen LogP contribution is 2.31. The van der Waals surface area contributed by atoms with Crippen LogP contribution in [0.2, 0.25) is 5.02 Å². The standard InChI is InChI=1S/C19H13ClFN3O4/c20-17-10-14(24(26)27)5-7-16(17)18-8-6-15(28-18)11-22-23-19(25)9-12-1-3-13(21)4-2-12/h1-8,10-11H,9H2,(H,23,25)/b22-11+. The van der Waals surface area contributed by atoms with Crippen LogP contribution in [0.5, 0.6) is 0 Å². The van der Waals surface area contributed by atoms with Crippen LogP contribution in [0.25, 0.3) is 11.3 Å². The maximum absolute atomic E-state index is 12.8. The minimum atomic E-state index is -0.537. The summed E-state index contributed by atoms with van der Waals surface area (Å²) in [6, 6.07) is 12.9. The van der Waals surface area contributed by atoms with Crippen molar-refractivity contribution in [3.8, 4) is 11.3 Å². The normalized spacial score (nSPS) is 10.9. The molecule has 1 aromatic heterocycles. The smallest absolute Gasteiger partial charge is 0.270 e. The van der Waals surface area contributed by atoms with Gasteiger partial charge in [0.2, 0.25) is 5.91 Å². The Hall–Kier alpha value is -3.52. The quantitative estimate of drug-likeness (QED) is 0.377. The van der Waals surface area contributed by atoms with Crippen LogP contribution < -0.4 is 5.43 Å². The molecule has 3 rings (SSSR count). The number of nitrogens with one attached hydrogen (secondary N) is 1. The molecule has 3 aromatic rings. The number of nitro benzene ring substituents is 1. The van der Waals surface area contributed by atoms with Crippen molar-refractivity contribution in [2.24, 2.45) is 5.10 Å². The molecule has 9 heteroatoms. The van der Waals surface area contributed by atoms with Crippen LogP contribution >= 0.6 is 11.6 Å². The van der Waals surface area contributed by atoms with E-state index < -0.39 is 4.92 Å². The Morgan fingerprint density at radius 1 is 1.21 bits per heavy atom. The van der Waals surface area contributed by atoms with Crippen molar-refractivity contribution in [2.75, 3.05) is 0 Å². The van der Waals surface area contributed by atoms with Crippen molar-refractivity contribution >= 4 is 29.4 Å². The van der Waals surface area contributed by atoms with E-state index in [4.69, 9.17) is 16.0 Å². The third kappa shape index (κ3) is 4.80. The lowest BCUT2D eigenvalue weighted by molar-refractivity contribution is -0.384. The van der Waals surface area contributed by atoms with Crippen molar-refractivity contribution in [2.45, 2.75) is 6.42 Å². The van der Waals surface area contributed by atoms with Gasteiger partial charge in [-0.1, -0.05) is 23.7 Å². The molecule has 1 N–H and O–H groups in total. The first-order chi connectivity index (χ1) is 13.4. The molecule has 0 fully saturated rings. The number of carbonyl (C=O) groups is 1. The minimum Gasteiger partial charge on any atom is -0.455 e. The van der Waals surface area contributed by atoms with Gasteiger partial charge in [-0.3, -0.25) is 14.9 Å². The van der Waals surface area contributed by atoms with E-state index in [2.05, 4.69) is 10.5 Å². The summed E-state index contributed by atoms with van der Waals surface area (Å²) in [5.74, 6) is 0.0162. The Morgan fingerprint density at radius 3 is 2.64 bits per heavy atom. The zero-order valence-electron chi connectivity index (χ0n) is 14.3. The predicted molar refractivity (Wildman–Crippen MR) is 102 cm³/mol. The van der Waals surface area contributed by atoms with E-state index in [-0.39, 0.29) is 28.9 Å². The maximum atomic E-state index is 12.8. The second kappa shape index (κ2) is 8.45. The van der Waals surface area contributed by atoms with Gasteiger partial charge < -0.3 is 4.42 Å². The summed E-state index contributed by atoms with van der Waals surface area (Å²) in [6.07, 6.45) is 1.37. The van der Waals surface area contributed by atoms with Crippen molar-refractivity contribution in [3.05, 3.63) is 86.9 Å². The van der Waals surface area contributed by atoms with E-state index in [1.807, 2.05) is 0 Å². The highest BCUT2D eigenvalue weighted by Gasteiger charge is 2.13. The Bertz CT molecular complexity index is 1050. The van der Waals surface area contributed by atoms with E-state index in [0.717, 1.165) is 0 Å². The van der Waals surface area contributed by atoms with Gasteiger partial charge in [0.05, 0.1) is 22.6 Å². The molecule has 0 aliphatic rings. The van der Waals surface area contributed by atoms with Crippen LogP contribution in [-0.2, 0) is 11.2 Å². The molecule has 0 spiro atoms. The fraction of sp³-hybridized carbons (Fsp3) is 0.0526. The molecular formula is C19H13ClFN3O4. The highest BCUT2D eigenvalue weighted by atomic mass is 35.5. The number of carbonyl (C=O) groups excluding carboxylic acids is 1. The molecule has 0 saturated carbocycles. The summed E-state index contributed by atoms with van der Waals surface area (Å²) >= 11 is 6.07. The van der Waals surface area contributed by atoms with Crippen LogP contribution in [0.4, 0.5) is 10.1 Å². The van der Waals surface area contributed by atoms with Crippen molar-refractivity contribution in [1.29, 1.82) is 0 Å². The fourth-order valence-corrected chi connectivity index (χ4v) is 2.65. The summed E-state index contributed by atoms with van der Waals surface area (Å²) in [6.45, 7) is 0. The van der Waals surface area contributed by atoms with E-state index in [1.54, 1.807) is 12.1 Å². The number of hydrogen-bond donors (Lipinski definition) is 1. The zero-order valence-corrected chi connectivity index (χ0v) is 15.0. The van der Waals surface area contributed by atoms with E-state index in [9.17, 15) is 19.3 Å². The van der Waals surface area contributed by atoms with E-state index in [1.165, 1.54) is 48.7 Å². The topological polar surface area (TPSA) is 97.7 Å². The first-order valence-electron chi connectivity index (χ1n) is 8.03. The molecule has 0 bridgehead atoms. The van der Waals surface area contributed by atoms with Gasteiger partial charge in [0.15, 0.2) is 0 Å². The van der Waals surface area contributed by atoms with Gasteiger partial charge in [0.25, 0.3) is 5.69 Å². The molecule has 2 aromatic carbocycles. The molecule has 142 valence electrons. The Balaban J connectivity index is 1.62. The Kier molecular flexibility index (Phi) is 5.81. The Labute approximate surface area is 163 Å². The second-order valence-corrected chi connectivity index (χ2v) is 6.13. The highest BCUT2D eigenvalue weighted by molar-refractivity contribution is 6.33. The van der Waals surface area contributed by atoms with Crippen molar-refractivity contribution < 1.29 is 18.5 Å². The first kappa shape index (κ1) is 19.2. The number of nitrogens with zero attached hydrogens (tertiary/aromatic N) is 2. The molecule has 0 radical (unpaired) electrons. The lowest BCUT2D eigenvalue weighted by Crippen LogP contribution is -2.19. The molecule has 0 aliphatic heterocycles. The molecule has 0 atom stereocenters. The monoisotopic (exact) mass is 401 g/mol. The average Bonchev–Trinajstić information content (AvgIpc) is 3.12. The second-order valence-electron chi connectivity index (χ2n) is 5.72. The summed E-state index contributed by atoms with van der Waals surface area (Å²) in [5.41, 5.74) is 3.38. The molecule has 1 amide bonds. The molecule has 0 saturated heterocycles. The van der Waals surface area contributed by atoms with Crippen molar-refractivity contribution in [3.63, 3.8) is 0 Å².